The van der Waals surface area contributed by atoms with E-state index in [2.05, 4.69) is 4.98 Å². The van der Waals surface area contributed by atoms with Gasteiger partial charge in [0, 0.05) is 6.20 Å². The molecule has 0 aliphatic rings. The number of rotatable bonds is 1. The smallest absolute Gasteiger partial charge is 0.103 e. The summed E-state index contributed by atoms with van der Waals surface area (Å²) in [5.41, 5.74) is 7.25. The molecule has 0 aliphatic heterocycles. The Morgan fingerprint density at radius 3 is 2.77 bits per heavy atom. The molecule has 0 fully saturated rings. The van der Waals surface area contributed by atoms with Crippen LogP contribution in [0, 0.1) is 0 Å². The Labute approximate surface area is 85.0 Å². The molecule has 2 aromatic heterocycles. The second kappa shape index (κ2) is 3.36. The van der Waals surface area contributed by atoms with Gasteiger partial charge in [-0.25, -0.2) is 0 Å². The Morgan fingerprint density at radius 1 is 1.31 bits per heavy atom. The molecule has 0 bridgehead atoms. The molecule has 2 aromatic rings. The highest BCUT2D eigenvalue weighted by molar-refractivity contribution is 7.19. The maximum atomic E-state index is 5.81. The molecule has 13 heavy (non-hydrogen) atoms. The lowest BCUT2D eigenvalue weighted by molar-refractivity contribution is 1.34. The van der Waals surface area contributed by atoms with Gasteiger partial charge in [-0.3, -0.25) is 4.98 Å². The zero-order chi connectivity index (χ0) is 9.26. The molecule has 0 aromatic carbocycles. The first-order chi connectivity index (χ1) is 6.27. The van der Waals surface area contributed by atoms with Crippen molar-refractivity contribution in [3.8, 4) is 10.6 Å². The zero-order valence-corrected chi connectivity index (χ0v) is 8.27. The van der Waals surface area contributed by atoms with Gasteiger partial charge in [-0.15, -0.1) is 11.3 Å². The SMILES string of the molecule is Nc1cccnc1-c1ccc(Cl)s1. The molecule has 0 aliphatic carbocycles. The summed E-state index contributed by atoms with van der Waals surface area (Å²) in [5.74, 6) is 0. The minimum absolute atomic E-state index is 0.681. The van der Waals surface area contributed by atoms with Crippen molar-refractivity contribution in [3.05, 3.63) is 34.8 Å². The Bertz CT molecular complexity index is 425. The molecule has 0 amide bonds. The standard InChI is InChI=1S/C9H7ClN2S/c10-8-4-3-7(13-8)9-6(11)2-1-5-12-9/h1-5H,11H2. The van der Waals surface area contributed by atoms with Gasteiger partial charge >= 0.3 is 0 Å². The fourth-order valence-electron chi connectivity index (χ4n) is 1.07. The monoisotopic (exact) mass is 210 g/mol. The Morgan fingerprint density at radius 2 is 2.15 bits per heavy atom. The summed E-state index contributed by atoms with van der Waals surface area (Å²) in [4.78, 5) is 5.19. The van der Waals surface area contributed by atoms with Crippen molar-refractivity contribution in [1.29, 1.82) is 0 Å². The highest BCUT2D eigenvalue weighted by Gasteiger charge is 2.05. The topological polar surface area (TPSA) is 38.9 Å². The quantitative estimate of drug-likeness (QED) is 0.786. The van der Waals surface area contributed by atoms with Gasteiger partial charge in [0.15, 0.2) is 0 Å². The van der Waals surface area contributed by atoms with Gasteiger partial charge in [-0.05, 0) is 24.3 Å². The second-order valence-corrected chi connectivity index (χ2v) is 4.26. The Hall–Kier alpha value is -1.06. The van der Waals surface area contributed by atoms with E-state index in [1.54, 1.807) is 6.20 Å². The molecule has 4 heteroatoms. The van der Waals surface area contributed by atoms with Crippen LogP contribution in [-0.2, 0) is 0 Å². The molecular formula is C9H7ClN2S. The molecule has 0 saturated carbocycles. The van der Waals surface area contributed by atoms with E-state index < -0.39 is 0 Å². The predicted molar refractivity (Wildman–Crippen MR) is 57.0 cm³/mol. The highest BCUT2D eigenvalue weighted by atomic mass is 35.5. The van der Waals surface area contributed by atoms with Crippen LogP contribution in [0.1, 0.15) is 0 Å². The minimum Gasteiger partial charge on any atom is -0.397 e. The van der Waals surface area contributed by atoms with Crippen LogP contribution >= 0.6 is 22.9 Å². The normalized spacial score (nSPS) is 10.2. The molecular weight excluding hydrogens is 204 g/mol. The van der Waals surface area contributed by atoms with Gasteiger partial charge in [0.1, 0.15) is 5.69 Å². The van der Waals surface area contributed by atoms with Crippen molar-refractivity contribution in [2.45, 2.75) is 0 Å². The molecule has 2 N–H and O–H groups in total. The lowest BCUT2D eigenvalue weighted by Gasteiger charge is -1.99. The fourth-order valence-corrected chi connectivity index (χ4v) is 2.13. The summed E-state index contributed by atoms with van der Waals surface area (Å²) >= 11 is 7.29. The van der Waals surface area contributed by atoms with E-state index in [1.165, 1.54) is 11.3 Å². The summed E-state index contributed by atoms with van der Waals surface area (Å²) < 4.78 is 0.750. The van der Waals surface area contributed by atoms with E-state index in [9.17, 15) is 0 Å². The van der Waals surface area contributed by atoms with Crippen LogP contribution in [0.15, 0.2) is 30.5 Å². The average Bonchev–Trinajstić information content (AvgIpc) is 2.53. The third-order valence-corrected chi connectivity index (χ3v) is 2.88. The second-order valence-electron chi connectivity index (χ2n) is 2.54. The summed E-state index contributed by atoms with van der Waals surface area (Å²) in [6, 6.07) is 7.41. The first kappa shape index (κ1) is 8.53. The van der Waals surface area contributed by atoms with Gasteiger partial charge in [0.25, 0.3) is 0 Å². The van der Waals surface area contributed by atoms with Crippen molar-refractivity contribution in [1.82, 2.24) is 4.98 Å². The molecule has 0 radical (unpaired) electrons. The third-order valence-electron chi connectivity index (χ3n) is 1.65. The van der Waals surface area contributed by atoms with Gasteiger partial charge in [-0.1, -0.05) is 11.6 Å². The van der Waals surface area contributed by atoms with E-state index in [-0.39, 0.29) is 0 Å². The largest absolute Gasteiger partial charge is 0.397 e. The number of nitrogens with zero attached hydrogens (tertiary/aromatic N) is 1. The lowest BCUT2D eigenvalue weighted by Crippen LogP contribution is -1.90. The summed E-state index contributed by atoms with van der Waals surface area (Å²) in [5, 5.41) is 0. The van der Waals surface area contributed by atoms with Crippen molar-refractivity contribution >= 4 is 28.6 Å². The van der Waals surface area contributed by atoms with Crippen molar-refractivity contribution in [2.24, 2.45) is 0 Å². The van der Waals surface area contributed by atoms with Crippen LogP contribution < -0.4 is 5.73 Å². The van der Waals surface area contributed by atoms with Crippen molar-refractivity contribution in [3.63, 3.8) is 0 Å². The number of aromatic nitrogens is 1. The minimum atomic E-state index is 0.681. The molecule has 0 saturated heterocycles. The number of hydrogen-bond donors (Lipinski definition) is 1. The molecule has 0 spiro atoms. The number of nitrogen functional groups attached to an aromatic ring is 1. The van der Waals surface area contributed by atoms with Gasteiger partial charge in [-0.2, -0.15) is 0 Å². The number of pyridine rings is 1. The summed E-state index contributed by atoms with van der Waals surface area (Å²) in [6.07, 6.45) is 1.72. The molecule has 2 heterocycles. The fraction of sp³-hybridized carbons (Fsp3) is 0. The third kappa shape index (κ3) is 1.66. The predicted octanol–water partition coefficient (Wildman–Crippen LogP) is 3.05. The lowest BCUT2D eigenvalue weighted by atomic mass is 10.2. The molecule has 66 valence electrons. The zero-order valence-electron chi connectivity index (χ0n) is 6.70. The first-order valence-electron chi connectivity index (χ1n) is 3.73. The van der Waals surface area contributed by atoms with Crippen LogP contribution in [0.2, 0.25) is 4.34 Å². The van der Waals surface area contributed by atoms with Gasteiger partial charge in [0.05, 0.1) is 14.9 Å². The average molecular weight is 211 g/mol. The van der Waals surface area contributed by atoms with Gasteiger partial charge < -0.3 is 5.73 Å². The van der Waals surface area contributed by atoms with E-state index >= 15 is 0 Å². The summed E-state index contributed by atoms with van der Waals surface area (Å²) in [7, 11) is 0. The van der Waals surface area contributed by atoms with Crippen LogP contribution in [0.3, 0.4) is 0 Å². The number of thiophene rings is 1. The molecule has 2 rings (SSSR count). The Kier molecular flexibility index (Phi) is 2.20. The maximum absolute atomic E-state index is 5.81. The van der Waals surface area contributed by atoms with Crippen molar-refractivity contribution in [2.75, 3.05) is 5.73 Å². The van der Waals surface area contributed by atoms with E-state index in [0.717, 1.165) is 14.9 Å². The van der Waals surface area contributed by atoms with Crippen LogP contribution in [0.4, 0.5) is 5.69 Å². The Balaban J connectivity index is 2.52. The number of nitrogens with two attached hydrogens (primary N) is 1. The van der Waals surface area contributed by atoms with Crippen LogP contribution in [0.5, 0.6) is 0 Å². The maximum Gasteiger partial charge on any atom is 0.103 e. The summed E-state index contributed by atoms with van der Waals surface area (Å²) in [6.45, 7) is 0. The van der Waals surface area contributed by atoms with Crippen LogP contribution in [0.25, 0.3) is 10.6 Å². The molecule has 0 atom stereocenters. The van der Waals surface area contributed by atoms with E-state index in [1.807, 2.05) is 24.3 Å². The van der Waals surface area contributed by atoms with E-state index in [0.29, 0.717) is 5.69 Å². The number of halogens is 1. The first-order valence-corrected chi connectivity index (χ1v) is 4.93. The number of hydrogen-bond acceptors (Lipinski definition) is 3. The molecule has 0 unspecified atom stereocenters. The van der Waals surface area contributed by atoms with Gasteiger partial charge in [0.2, 0.25) is 0 Å². The number of anilines is 1. The van der Waals surface area contributed by atoms with Crippen LogP contribution in [-0.4, -0.2) is 4.98 Å². The van der Waals surface area contributed by atoms with E-state index in [4.69, 9.17) is 17.3 Å². The highest BCUT2D eigenvalue weighted by Crippen LogP contribution is 2.32. The molecule has 2 nitrogen and oxygen atoms in total. The van der Waals surface area contributed by atoms with Crippen molar-refractivity contribution < 1.29 is 0 Å².